The Morgan fingerprint density at radius 3 is 2.74 bits per heavy atom. The number of rotatable bonds is 7. The number of nitrogens with zero attached hydrogens (tertiary/aromatic N) is 1. The third kappa shape index (κ3) is 5.90. The first-order valence-corrected chi connectivity index (χ1v) is 7.99. The lowest BCUT2D eigenvalue weighted by atomic mass is 10.2. The van der Waals surface area contributed by atoms with E-state index in [9.17, 15) is 9.59 Å². The summed E-state index contributed by atoms with van der Waals surface area (Å²) < 4.78 is 10.6. The first-order chi connectivity index (χ1) is 13.0. The van der Waals surface area contributed by atoms with Crippen LogP contribution in [0.2, 0.25) is 0 Å². The molecule has 0 spiro atoms. The van der Waals surface area contributed by atoms with Gasteiger partial charge in [0.05, 0.1) is 13.3 Å². The lowest BCUT2D eigenvalue weighted by Gasteiger charge is -2.09. The molecule has 0 aliphatic rings. The van der Waals surface area contributed by atoms with E-state index in [0.717, 1.165) is 0 Å². The normalized spacial score (nSPS) is 10.1. The van der Waals surface area contributed by atoms with Gasteiger partial charge in [-0.15, -0.1) is 6.42 Å². The molecule has 0 fully saturated rings. The van der Waals surface area contributed by atoms with Gasteiger partial charge in [-0.1, -0.05) is 12.0 Å². The van der Waals surface area contributed by atoms with Gasteiger partial charge >= 0.3 is 0 Å². The van der Waals surface area contributed by atoms with Crippen LogP contribution in [0.3, 0.4) is 0 Å². The Balaban J connectivity index is 2.03. The SMILES string of the molecule is C#CCOc1ccc(C=NNC(=O)c2cccc(NC(C)=O)c2)cc1OC. The zero-order valence-corrected chi connectivity index (χ0v) is 15.0. The largest absolute Gasteiger partial charge is 0.493 e. The quantitative estimate of drug-likeness (QED) is 0.448. The monoisotopic (exact) mass is 365 g/mol. The summed E-state index contributed by atoms with van der Waals surface area (Å²) in [6.45, 7) is 1.53. The topological polar surface area (TPSA) is 89.0 Å². The van der Waals surface area contributed by atoms with Gasteiger partial charge < -0.3 is 14.8 Å². The molecule has 0 radical (unpaired) electrons. The summed E-state index contributed by atoms with van der Waals surface area (Å²) in [7, 11) is 1.52. The second-order valence-corrected chi connectivity index (χ2v) is 5.36. The molecule has 7 nitrogen and oxygen atoms in total. The number of methoxy groups -OCH3 is 1. The molecule has 7 heteroatoms. The van der Waals surface area contributed by atoms with Crippen molar-refractivity contribution in [1.29, 1.82) is 0 Å². The molecule has 0 bridgehead atoms. The lowest BCUT2D eigenvalue weighted by molar-refractivity contribution is -0.114. The summed E-state index contributed by atoms with van der Waals surface area (Å²) in [5, 5.41) is 6.55. The highest BCUT2D eigenvalue weighted by atomic mass is 16.5. The van der Waals surface area contributed by atoms with Crippen LogP contribution >= 0.6 is 0 Å². The maximum Gasteiger partial charge on any atom is 0.271 e. The predicted octanol–water partition coefficient (Wildman–Crippen LogP) is 2.43. The van der Waals surface area contributed by atoms with Crippen molar-refractivity contribution in [3.63, 3.8) is 0 Å². The number of hydrogen-bond acceptors (Lipinski definition) is 5. The molecule has 0 atom stereocenters. The fourth-order valence-electron chi connectivity index (χ4n) is 2.17. The summed E-state index contributed by atoms with van der Waals surface area (Å²) in [6.07, 6.45) is 6.65. The zero-order valence-electron chi connectivity index (χ0n) is 15.0. The molecule has 0 aliphatic heterocycles. The van der Waals surface area contributed by atoms with Gasteiger partial charge in [0.2, 0.25) is 5.91 Å². The minimum absolute atomic E-state index is 0.136. The molecule has 2 rings (SSSR count). The Labute approximate surface area is 157 Å². The fourth-order valence-corrected chi connectivity index (χ4v) is 2.17. The van der Waals surface area contributed by atoms with E-state index in [1.807, 2.05) is 0 Å². The molecule has 0 heterocycles. The Kier molecular flexibility index (Phi) is 6.97. The molecule has 138 valence electrons. The van der Waals surface area contributed by atoms with Crippen LogP contribution in [0.15, 0.2) is 47.6 Å². The number of ether oxygens (including phenoxy) is 2. The highest BCUT2D eigenvalue weighted by molar-refractivity contribution is 5.97. The van der Waals surface area contributed by atoms with E-state index < -0.39 is 5.91 Å². The number of anilines is 1. The minimum Gasteiger partial charge on any atom is -0.493 e. The smallest absolute Gasteiger partial charge is 0.271 e. The minimum atomic E-state index is -0.403. The van der Waals surface area contributed by atoms with Crippen molar-refractivity contribution in [1.82, 2.24) is 5.43 Å². The van der Waals surface area contributed by atoms with Gasteiger partial charge in [0.15, 0.2) is 11.5 Å². The Morgan fingerprint density at radius 1 is 1.22 bits per heavy atom. The van der Waals surface area contributed by atoms with Gasteiger partial charge in [0.25, 0.3) is 5.91 Å². The Bertz CT molecular complexity index is 900. The van der Waals surface area contributed by atoms with Crippen molar-refractivity contribution >= 4 is 23.7 Å². The van der Waals surface area contributed by atoms with Crippen molar-refractivity contribution < 1.29 is 19.1 Å². The van der Waals surface area contributed by atoms with Crippen LogP contribution in [0.4, 0.5) is 5.69 Å². The van der Waals surface area contributed by atoms with Gasteiger partial charge in [-0.2, -0.15) is 5.10 Å². The molecule has 2 aromatic rings. The summed E-state index contributed by atoms with van der Waals surface area (Å²) in [4.78, 5) is 23.3. The molecule has 0 saturated carbocycles. The van der Waals surface area contributed by atoms with Gasteiger partial charge in [0.1, 0.15) is 6.61 Å². The van der Waals surface area contributed by atoms with Crippen LogP contribution in [0.25, 0.3) is 0 Å². The molecule has 0 unspecified atom stereocenters. The van der Waals surface area contributed by atoms with Crippen LogP contribution in [0.5, 0.6) is 11.5 Å². The molecule has 2 N–H and O–H groups in total. The predicted molar refractivity (Wildman–Crippen MR) is 103 cm³/mol. The summed E-state index contributed by atoms with van der Waals surface area (Å²) in [6, 6.07) is 11.7. The number of hydrazone groups is 1. The Hall–Kier alpha value is -3.79. The van der Waals surface area contributed by atoms with Crippen LogP contribution in [-0.2, 0) is 4.79 Å². The van der Waals surface area contributed by atoms with Crippen LogP contribution in [0, 0.1) is 12.3 Å². The summed E-state index contributed by atoms with van der Waals surface area (Å²) in [5.74, 6) is 2.79. The summed E-state index contributed by atoms with van der Waals surface area (Å²) in [5.41, 5.74) is 4.04. The van der Waals surface area contributed by atoms with E-state index in [0.29, 0.717) is 28.3 Å². The van der Waals surface area contributed by atoms with E-state index >= 15 is 0 Å². The molecular weight excluding hydrogens is 346 g/mol. The van der Waals surface area contributed by atoms with E-state index in [1.165, 1.54) is 20.2 Å². The highest BCUT2D eigenvalue weighted by Gasteiger charge is 2.07. The number of terminal acetylenes is 1. The standard InChI is InChI=1S/C20H19N3O4/c1-4-10-27-18-9-8-15(11-19(18)26-3)13-21-23-20(25)16-6-5-7-17(12-16)22-14(2)24/h1,5-9,11-13H,10H2,2-3H3,(H,22,24)(H,23,25). The van der Waals surface area contributed by atoms with E-state index in [1.54, 1.807) is 42.5 Å². The van der Waals surface area contributed by atoms with E-state index in [-0.39, 0.29) is 12.5 Å². The number of carbonyl (C=O) groups excluding carboxylic acids is 2. The molecular formula is C20H19N3O4. The molecule has 2 aromatic carbocycles. The third-order valence-corrected chi connectivity index (χ3v) is 3.32. The average Bonchev–Trinajstić information content (AvgIpc) is 2.66. The number of amides is 2. The molecule has 2 amide bonds. The van der Waals surface area contributed by atoms with Gasteiger partial charge in [-0.05, 0) is 42.0 Å². The third-order valence-electron chi connectivity index (χ3n) is 3.32. The first kappa shape index (κ1) is 19.5. The van der Waals surface area contributed by atoms with Crippen molar-refractivity contribution in [3.8, 4) is 23.8 Å². The van der Waals surface area contributed by atoms with Crippen molar-refractivity contribution in [3.05, 3.63) is 53.6 Å². The van der Waals surface area contributed by atoms with Crippen LogP contribution < -0.4 is 20.2 Å². The van der Waals surface area contributed by atoms with Crippen molar-refractivity contribution in [2.75, 3.05) is 19.0 Å². The van der Waals surface area contributed by atoms with Crippen molar-refractivity contribution in [2.45, 2.75) is 6.92 Å². The van der Waals surface area contributed by atoms with Crippen LogP contribution in [0.1, 0.15) is 22.8 Å². The maximum absolute atomic E-state index is 12.2. The number of benzene rings is 2. The van der Waals surface area contributed by atoms with Gasteiger partial charge in [-0.25, -0.2) is 5.43 Å². The summed E-state index contributed by atoms with van der Waals surface area (Å²) >= 11 is 0. The second-order valence-electron chi connectivity index (χ2n) is 5.36. The van der Waals surface area contributed by atoms with E-state index in [2.05, 4.69) is 21.8 Å². The molecule has 0 aromatic heterocycles. The van der Waals surface area contributed by atoms with Crippen LogP contribution in [-0.4, -0.2) is 31.7 Å². The molecule has 27 heavy (non-hydrogen) atoms. The average molecular weight is 365 g/mol. The van der Waals surface area contributed by atoms with Crippen molar-refractivity contribution in [2.24, 2.45) is 5.10 Å². The van der Waals surface area contributed by atoms with E-state index in [4.69, 9.17) is 15.9 Å². The number of carbonyl (C=O) groups is 2. The van der Waals surface area contributed by atoms with Gasteiger partial charge in [0, 0.05) is 18.2 Å². The molecule has 0 saturated heterocycles. The zero-order chi connectivity index (χ0) is 19.6. The number of hydrogen-bond donors (Lipinski definition) is 2. The number of nitrogens with one attached hydrogen (secondary N) is 2. The second kappa shape index (κ2) is 9.63. The Morgan fingerprint density at radius 2 is 2.04 bits per heavy atom. The van der Waals surface area contributed by atoms with Gasteiger partial charge in [-0.3, -0.25) is 9.59 Å². The fraction of sp³-hybridized carbons (Fsp3) is 0.150. The lowest BCUT2D eigenvalue weighted by Crippen LogP contribution is -2.18. The first-order valence-electron chi connectivity index (χ1n) is 7.99. The molecule has 0 aliphatic carbocycles. The maximum atomic E-state index is 12.2. The highest BCUT2D eigenvalue weighted by Crippen LogP contribution is 2.27.